The monoisotopic (exact) mass is 434 g/mol. The number of nitrogens with one attached hydrogen (secondary N) is 2. The highest BCUT2D eigenvalue weighted by Gasteiger charge is 2.63. The first-order chi connectivity index (χ1) is 13.6. The molecular formula is C15H19F2N5O6P+. The molecule has 4 atom stereocenters. The summed E-state index contributed by atoms with van der Waals surface area (Å²) in [4.78, 5) is 43.4. The van der Waals surface area contributed by atoms with Gasteiger partial charge in [-0.2, -0.15) is 4.98 Å². The van der Waals surface area contributed by atoms with Gasteiger partial charge in [0.1, 0.15) is 6.10 Å². The molecule has 29 heavy (non-hydrogen) atoms. The lowest BCUT2D eigenvalue weighted by Crippen LogP contribution is -2.39. The number of aromatic amines is 1. The number of carbonyl (C=O) groups is 1. The lowest BCUT2D eigenvalue weighted by atomic mass is 10.1. The van der Waals surface area contributed by atoms with E-state index in [0.717, 1.165) is 10.9 Å². The van der Waals surface area contributed by atoms with Crippen LogP contribution in [0.4, 0.5) is 14.7 Å². The van der Waals surface area contributed by atoms with Gasteiger partial charge < -0.3 is 4.74 Å². The maximum atomic E-state index is 14.6. The number of hydrogen-bond acceptors (Lipinski definition) is 7. The van der Waals surface area contributed by atoms with Gasteiger partial charge in [-0.05, 0) is 6.42 Å². The van der Waals surface area contributed by atoms with Gasteiger partial charge in [-0.15, -0.1) is 9.42 Å². The summed E-state index contributed by atoms with van der Waals surface area (Å²) >= 11 is 0. The number of rotatable bonds is 6. The van der Waals surface area contributed by atoms with Gasteiger partial charge in [-0.25, -0.2) is 13.8 Å². The number of imidazole rings is 1. The van der Waals surface area contributed by atoms with E-state index in [1.807, 2.05) is 0 Å². The molecule has 0 bridgehead atoms. The molecule has 2 aromatic rings. The molecule has 1 aliphatic heterocycles. The number of anilines is 1. The normalized spacial score (nSPS) is 24.2. The molecule has 158 valence electrons. The summed E-state index contributed by atoms with van der Waals surface area (Å²) in [6.45, 7) is 4.73. The number of amides is 1. The molecule has 0 radical (unpaired) electrons. The highest BCUT2D eigenvalue weighted by Crippen LogP contribution is 2.47. The third kappa shape index (κ3) is 3.90. The highest BCUT2D eigenvalue weighted by molar-refractivity contribution is 7.32. The van der Waals surface area contributed by atoms with E-state index in [1.165, 1.54) is 6.92 Å². The predicted molar refractivity (Wildman–Crippen MR) is 95.5 cm³/mol. The summed E-state index contributed by atoms with van der Waals surface area (Å²) in [5, 5.41) is 2.41. The second kappa shape index (κ2) is 7.82. The quantitative estimate of drug-likeness (QED) is 0.582. The van der Waals surface area contributed by atoms with Crippen LogP contribution in [-0.4, -0.2) is 48.5 Å². The number of halogens is 2. The molecule has 0 spiro atoms. The first-order valence-electron chi connectivity index (χ1n) is 8.70. The first kappa shape index (κ1) is 21.4. The Morgan fingerprint density at radius 3 is 2.83 bits per heavy atom. The van der Waals surface area contributed by atoms with Gasteiger partial charge in [0.25, 0.3) is 5.56 Å². The van der Waals surface area contributed by atoms with Crippen LogP contribution in [0.25, 0.3) is 11.2 Å². The summed E-state index contributed by atoms with van der Waals surface area (Å²) in [6.07, 6.45) is -4.34. The van der Waals surface area contributed by atoms with Crippen LogP contribution in [0.5, 0.6) is 0 Å². The first-order valence-corrected chi connectivity index (χ1v) is 9.83. The van der Waals surface area contributed by atoms with Gasteiger partial charge in [-0.3, -0.25) is 24.5 Å². The molecule has 3 rings (SSSR count). The van der Waals surface area contributed by atoms with Crippen molar-refractivity contribution >= 4 is 31.3 Å². The van der Waals surface area contributed by atoms with Gasteiger partial charge >= 0.3 is 14.2 Å². The Morgan fingerprint density at radius 2 is 2.24 bits per heavy atom. The Kier molecular flexibility index (Phi) is 5.77. The van der Waals surface area contributed by atoms with E-state index in [-0.39, 0.29) is 23.5 Å². The molecule has 14 heteroatoms. The Hall–Kier alpha value is -2.34. The summed E-state index contributed by atoms with van der Waals surface area (Å²) < 4.78 is 51.3. The molecule has 3 heterocycles. The maximum absolute atomic E-state index is 14.6. The Morgan fingerprint density at radius 1 is 1.55 bits per heavy atom. The largest absolute Gasteiger partial charge is 0.695 e. The van der Waals surface area contributed by atoms with E-state index in [2.05, 4.69) is 24.8 Å². The lowest BCUT2D eigenvalue weighted by Gasteiger charge is -2.18. The second-order valence-electron chi connectivity index (χ2n) is 6.74. The Labute approximate surface area is 163 Å². The predicted octanol–water partition coefficient (Wildman–Crippen LogP) is 1.69. The molecule has 2 aromatic heterocycles. The number of alkyl halides is 2. The van der Waals surface area contributed by atoms with Crippen LogP contribution < -0.4 is 10.9 Å². The fourth-order valence-corrected chi connectivity index (χ4v) is 3.37. The summed E-state index contributed by atoms with van der Waals surface area (Å²) in [5.74, 6) is -4.61. The zero-order valence-corrected chi connectivity index (χ0v) is 16.5. The van der Waals surface area contributed by atoms with Gasteiger partial charge in [0.05, 0.1) is 6.33 Å². The molecule has 0 aliphatic carbocycles. The number of fused-ring (bicyclic) bond motifs is 1. The Bertz CT molecular complexity index is 1010. The maximum Gasteiger partial charge on any atom is 0.695 e. The number of nitrogens with zero attached hydrogens (tertiary/aromatic N) is 3. The fourth-order valence-electron chi connectivity index (χ4n) is 2.94. The molecule has 1 aliphatic rings. The van der Waals surface area contributed by atoms with Crippen molar-refractivity contribution in [1.82, 2.24) is 19.5 Å². The van der Waals surface area contributed by atoms with Crippen molar-refractivity contribution in [2.45, 2.75) is 51.6 Å². The SMILES string of the molecule is CC[C@H]1O[C@@H](n2cnc3c(=O)[nH]c(NC(=O)C(C)C)nc32)[C@H](O[P+](=O)O)C1(F)F. The number of aromatic nitrogens is 4. The van der Waals surface area contributed by atoms with E-state index < -0.39 is 50.0 Å². The third-order valence-corrected chi connectivity index (χ3v) is 4.83. The highest BCUT2D eigenvalue weighted by atomic mass is 31.1. The van der Waals surface area contributed by atoms with E-state index in [1.54, 1.807) is 13.8 Å². The van der Waals surface area contributed by atoms with Crippen LogP contribution in [0.1, 0.15) is 33.4 Å². The standard InChI is InChI=1S/C15H18F2N5O6P/c1-4-7-15(16,17)9(28-29(25)26)13(27-7)22-5-18-8-10(22)19-14(21-12(8)24)20-11(23)6(2)3/h5-7,9,13H,4H2,1-3H3,(H2-,19,20,21,23,24,25,26)/p+1/t7-,9+,13-/m1/s1. The van der Waals surface area contributed by atoms with E-state index in [4.69, 9.17) is 9.63 Å². The molecule has 1 saturated heterocycles. The van der Waals surface area contributed by atoms with Crippen molar-refractivity contribution in [2.24, 2.45) is 5.92 Å². The minimum Gasteiger partial charge on any atom is -0.345 e. The molecule has 1 unspecified atom stereocenters. The Balaban J connectivity index is 2.08. The minimum absolute atomic E-state index is 0.0953. The van der Waals surface area contributed by atoms with Crippen LogP contribution in [0.2, 0.25) is 0 Å². The average Bonchev–Trinajstić information content (AvgIpc) is 3.14. The topological polar surface area (TPSA) is 148 Å². The van der Waals surface area contributed by atoms with E-state index >= 15 is 0 Å². The molecule has 0 aromatic carbocycles. The van der Waals surface area contributed by atoms with Crippen molar-refractivity contribution in [3.05, 3.63) is 16.7 Å². The molecule has 1 amide bonds. The zero-order chi connectivity index (χ0) is 21.5. The van der Waals surface area contributed by atoms with Crippen LogP contribution in [0.15, 0.2) is 11.1 Å². The van der Waals surface area contributed by atoms with Gasteiger partial charge in [-0.1, -0.05) is 20.8 Å². The van der Waals surface area contributed by atoms with Gasteiger partial charge in [0.15, 0.2) is 17.4 Å². The van der Waals surface area contributed by atoms with Gasteiger partial charge in [0.2, 0.25) is 18.0 Å². The number of hydrogen-bond donors (Lipinski definition) is 3. The summed E-state index contributed by atoms with van der Waals surface area (Å²) in [5.41, 5.74) is -1.06. The molecule has 1 fully saturated rings. The van der Waals surface area contributed by atoms with E-state index in [9.17, 15) is 22.9 Å². The molecule has 0 saturated carbocycles. The number of carbonyl (C=O) groups excluding carboxylic acids is 1. The average molecular weight is 434 g/mol. The van der Waals surface area contributed by atoms with Crippen molar-refractivity contribution in [3.63, 3.8) is 0 Å². The van der Waals surface area contributed by atoms with E-state index in [0.29, 0.717) is 0 Å². The van der Waals surface area contributed by atoms with Crippen molar-refractivity contribution in [2.75, 3.05) is 5.32 Å². The second-order valence-corrected chi connectivity index (χ2v) is 7.43. The summed E-state index contributed by atoms with van der Waals surface area (Å²) in [6, 6.07) is 0. The van der Waals surface area contributed by atoms with Crippen LogP contribution >= 0.6 is 8.25 Å². The zero-order valence-electron chi connectivity index (χ0n) is 15.6. The van der Waals surface area contributed by atoms with Gasteiger partial charge in [0, 0.05) is 10.5 Å². The summed E-state index contributed by atoms with van der Waals surface area (Å²) in [7, 11) is -3.36. The van der Waals surface area contributed by atoms with Crippen molar-refractivity contribution in [3.8, 4) is 0 Å². The lowest BCUT2D eigenvalue weighted by molar-refractivity contribution is -0.118. The smallest absolute Gasteiger partial charge is 0.345 e. The number of H-pyrrole nitrogens is 1. The van der Waals surface area contributed by atoms with Crippen LogP contribution in [0, 0.1) is 5.92 Å². The minimum atomic E-state index is -3.58. The fraction of sp³-hybridized carbons (Fsp3) is 0.600. The van der Waals surface area contributed by atoms with Crippen LogP contribution in [-0.2, 0) is 18.6 Å². The molecule has 3 N–H and O–H groups in total. The van der Waals surface area contributed by atoms with Crippen LogP contribution in [0.3, 0.4) is 0 Å². The third-order valence-electron chi connectivity index (χ3n) is 4.42. The van der Waals surface area contributed by atoms with Crippen molar-refractivity contribution in [1.29, 1.82) is 0 Å². The number of ether oxygens (including phenoxy) is 1. The molecule has 11 nitrogen and oxygen atoms in total. The van der Waals surface area contributed by atoms with Crippen molar-refractivity contribution < 1.29 is 32.3 Å². The molecular weight excluding hydrogens is 415 g/mol.